The predicted molar refractivity (Wildman–Crippen MR) is 98.3 cm³/mol. The third-order valence-corrected chi connectivity index (χ3v) is 4.43. The molecule has 0 atom stereocenters. The van der Waals surface area contributed by atoms with Crippen LogP contribution in [0.5, 0.6) is 0 Å². The van der Waals surface area contributed by atoms with Crippen LogP contribution in [0.3, 0.4) is 0 Å². The van der Waals surface area contributed by atoms with Crippen molar-refractivity contribution < 1.29 is 4.79 Å². The van der Waals surface area contributed by atoms with Crippen LogP contribution in [0.1, 0.15) is 30.3 Å². The Morgan fingerprint density at radius 3 is 2.54 bits per heavy atom. The fourth-order valence-electron chi connectivity index (χ4n) is 2.90. The molecule has 2 rings (SSSR count). The molecule has 0 saturated carbocycles. The standard InChI is InChI=1S/C19H28N4O/c1-5-23(17-10-7-6-8-11-17)13-9-12-20-19(24)14-18-15(2)21-22(4)16(18)3/h6-8,10-11H,5,9,12-14H2,1-4H3,(H,20,24). The lowest BCUT2D eigenvalue weighted by molar-refractivity contribution is -0.120. The molecule has 24 heavy (non-hydrogen) atoms. The second kappa shape index (κ2) is 8.52. The number of amides is 1. The fourth-order valence-corrected chi connectivity index (χ4v) is 2.90. The summed E-state index contributed by atoms with van der Waals surface area (Å²) in [5.74, 6) is 0.0666. The average Bonchev–Trinajstić information content (AvgIpc) is 2.82. The molecule has 2 aromatic rings. The van der Waals surface area contributed by atoms with Gasteiger partial charge in [-0.1, -0.05) is 18.2 Å². The van der Waals surface area contributed by atoms with Crippen molar-refractivity contribution in [3.8, 4) is 0 Å². The Morgan fingerprint density at radius 1 is 1.25 bits per heavy atom. The molecule has 0 saturated heterocycles. The maximum Gasteiger partial charge on any atom is 0.224 e. The quantitative estimate of drug-likeness (QED) is 0.758. The molecule has 0 aliphatic rings. The molecule has 0 aliphatic carbocycles. The number of nitrogens with one attached hydrogen (secondary N) is 1. The van der Waals surface area contributed by atoms with Crippen molar-refractivity contribution in [2.45, 2.75) is 33.6 Å². The van der Waals surface area contributed by atoms with E-state index in [1.165, 1.54) is 5.69 Å². The SMILES string of the molecule is CCN(CCCNC(=O)Cc1c(C)nn(C)c1C)c1ccccc1. The fraction of sp³-hybridized carbons (Fsp3) is 0.474. The van der Waals surface area contributed by atoms with E-state index in [0.717, 1.165) is 36.5 Å². The summed E-state index contributed by atoms with van der Waals surface area (Å²) in [6.07, 6.45) is 1.33. The second-order valence-electron chi connectivity index (χ2n) is 6.07. The number of nitrogens with zero attached hydrogens (tertiary/aromatic N) is 3. The van der Waals surface area contributed by atoms with E-state index in [-0.39, 0.29) is 5.91 Å². The number of anilines is 1. The Balaban J connectivity index is 1.76. The van der Waals surface area contributed by atoms with E-state index in [4.69, 9.17) is 0 Å². The molecule has 1 N–H and O–H groups in total. The number of hydrogen-bond donors (Lipinski definition) is 1. The number of aryl methyl sites for hydroxylation is 2. The molecule has 1 heterocycles. The minimum atomic E-state index is 0.0666. The second-order valence-corrected chi connectivity index (χ2v) is 6.07. The van der Waals surface area contributed by atoms with Crippen LogP contribution in [0, 0.1) is 13.8 Å². The smallest absolute Gasteiger partial charge is 0.224 e. The number of carbonyl (C=O) groups excluding carboxylic acids is 1. The van der Waals surface area contributed by atoms with Gasteiger partial charge < -0.3 is 10.2 Å². The van der Waals surface area contributed by atoms with Crippen molar-refractivity contribution in [2.24, 2.45) is 7.05 Å². The maximum atomic E-state index is 12.1. The minimum Gasteiger partial charge on any atom is -0.372 e. The molecular formula is C19H28N4O. The van der Waals surface area contributed by atoms with Crippen LogP contribution in [0.2, 0.25) is 0 Å². The van der Waals surface area contributed by atoms with Crippen LogP contribution < -0.4 is 10.2 Å². The largest absolute Gasteiger partial charge is 0.372 e. The summed E-state index contributed by atoms with van der Waals surface area (Å²) < 4.78 is 1.83. The highest BCUT2D eigenvalue weighted by molar-refractivity contribution is 5.79. The number of carbonyl (C=O) groups is 1. The summed E-state index contributed by atoms with van der Waals surface area (Å²) >= 11 is 0. The first-order valence-electron chi connectivity index (χ1n) is 8.58. The van der Waals surface area contributed by atoms with E-state index in [1.807, 2.05) is 31.6 Å². The first-order chi connectivity index (χ1) is 11.5. The van der Waals surface area contributed by atoms with Crippen molar-refractivity contribution in [1.29, 1.82) is 0 Å². The van der Waals surface area contributed by atoms with Crippen molar-refractivity contribution in [3.63, 3.8) is 0 Å². The molecule has 1 aromatic heterocycles. The zero-order valence-corrected chi connectivity index (χ0v) is 15.2. The van der Waals surface area contributed by atoms with Gasteiger partial charge in [-0.25, -0.2) is 0 Å². The van der Waals surface area contributed by atoms with Gasteiger partial charge in [0, 0.05) is 43.6 Å². The predicted octanol–water partition coefficient (Wildman–Crippen LogP) is 2.61. The van der Waals surface area contributed by atoms with E-state index >= 15 is 0 Å². The van der Waals surface area contributed by atoms with Crippen LogP contribution in [-0.2, 0) is 18.3 Å². The number of benzene rings is 1. The third kappa shape index (κ3) is 4.60. The van der Waals surface area contributed by atoms with Gasteiger partial charge in [0.15, 0.2) is 0 Å². The van der Waals surface area contributed by atoms with Crippen molar-refractivity contribution in [2.75, 3.05) is 24.5 Å². The van der Waals surface area contributed by atoms with E-state index in [1.54, 1.807) is 0 Å². The summed E-state index contributed by atoms with van der Waals surface area (Å²) in [6.45, 7) is 8.70. The highest BCUT2D eigenvalue weighted by Crippen LogP contribution is 2.13. The lowest BCUT2D eigenvalue weighted by Gasteiger charge is -2.23. The van der Waals surface area contributed by atoms with Crippen LogP contribution in [-0.4, -0.2) is 35.3 Å². The highest BCUT2D eigenvalue weighted by Gasteiger charge is 2.13. The Kier molecular flexibility index (Phi) is 6.41. The molecule has 0 fully saturated rings. The van der Waals surface area contributed by atoms with Crippen molar-refractivity contribution >= 4 is 11.6 Å². The molecule has 0 spiro atoms. The summed E-state index contributed by atoms with van der Waals surface area (Å²) in [4.78, 5) is 14.5. The Labute approximate surface area is 144 Å². The minimum absolute atomic E-state index is 0.0666. The lowest BCUT2D eigenvalue weighted by Crippen LogP contribution is -2.30. The first kappa shape index (κ1) is 18.0. The van der Waals surface area contributed by atoms with Crippen LogP contribution in [0.25, 0.3) is 0 Å². The summed E-state index contributed by atoms with van der Waals surface area (Å²) in [6, 6.07) is 10.4. The number of aromatic nitrogens is 2. The van der Waals surface area contributed by atoms with Gasteiger partial charge in [-0.2, -0.15) is 5.10 Å². The molecular weight excluding hydrogens is 300 g/mol. The zero-order valence-electron chi connectivity index (χ0n) is 15.2. The number of rotatable bonds is 8. The highest BCUT2D eigenvalue weighted by atomic mass is 16.1. The van der Waals surface area contributed by atoms with Gasteiger partial charge in [-0.3, -0.25) is 9.48 Å². The van der Waals surface area contributed by atoms with E-state index in [9.17, 15) is 4.79 Å². The molecule has 0 unspecified atom stereocenters. The lowest BCUT2D eigenvalue weighted by atomic mass is 10.1. The van der Waals surface area contributed by atoms with Crippen molar-refractivity contribution in [1.82, 2.24) is 15.1 Å². The zero-order chi connectivity index (χ0) is 17.5. The first-order valence-corrected chi connectivity index (χ1v) is 8.58. The molecule has 0 aliphatic heterocycles. The summed E-state index contributed by atoms with van der Waals surface area (Å²) in [5, 5.41) is 7.38. The van der Waals surface area contributed by atoms with E-state index in [2.05, 4.69) is 46.5 Å². The van der Waals surface area contributed by atoms with Gasteiger partial charge in [-0.15, -0.1) is 0 Å². The van der Waals surface area contributed by atoms with Gasteiger partial charge >= 0.3 is 0 Å². The molecule has 1 amide bonds. The summed E-state index contributed by atoms with van der Waals surface area (Å²) in [5.41, 5.74) is 4.26. The third-order valence-electron chi connectivity index (χ3n) is 4.43. The van der Waals surface area contributed by atoms with E-state index < -0.39 is 0 Å². The van der Waals surface area contributed by atoms with Gasteiger partial charge in [0.2, 0.25) is 5.91 Å². The summed E-state index contributed by atoms with van der Waals surface area (Å²) in [7, 11) is 1.91. The molecule has 0 radical (unpaired) electrons. The maximum absolute atomic E-state index is 12.1. The molecule has 0 bridgehead atoms. The molecule has 5 nitrogen and oxygen atoms in total. The van der Waals surface area contributed by atoms with Crippen LogP contribution in [0.4, 0.5) is 5.69 Å². The number of para-hydroxylation sites is 1. The molecule has 1 aromatic carbocycles. The Morgan fingerprint density at radius 2 is 1.96 bits per heavy atom. The van der Waals surface area contributed by atoms with Crippen molar-refractivity contribution in [3.05, 3.63) is 47.3 Å². The van der Waals surface area contributed by atoms with Gasteiger partial charge in [0.05, 0.1) is 12.1 Å². The topological polar surface area (TPSA) is 50.2 Å². The van der Waals surface area contributed by atoms with Gasteiger partial charge in [-0.05, 0) is 39.3 Å². The molecule has 130 valence electrons. The molecule has 5 heteroatoms. The van der Waals surface area contributed by atoms with E-state index in [0.29, 0.717) is 13.0 Å². The normalized spacial score (nSPS) is 10.7. The van der Waals surface area contributed by atoms with Crippen LogP contribution in [0.15, 0.2) is 30.3 Å². The number of hydrogen-bond acceptors (Lipinski definition) is 3. The van der Waals surface area contributed by atoms with Crippen LogP contribution >= 0.6 is 0 Å². The Hall–Kier alpha value is -2.30. The monoisotopic (exact) mass is 328 g/mol. The average molecular weight is 328 g/mol. The van der Waals surface area contributed by atoms with Gasteiger partial charge in [0.25, 0.3) is 0 Å². The van der Waals surface area contributed by atoms with Gasteiger partial charge in [0.1, 0.15) is 0 Å². The Bertz CT molecular complexity index is 664.